The molecule has 29 heavy (non-hydrogen) atoms. The molecule has 1 saturated carbocycles. The molecular weight excluding hydrogens is 364 g/mol. The van der Waals surface area contributed by atoms with Gasteiger partial charge in [0.15, 0.2) is 0 Å². The van der Waals surface area contributed by atoms with Gasteiger partial charge in [-0.05, 0) is 60.9 Å². The first kappa shape index (κ1) is 19.2. The van der Waals surface area contributed by atoms with Crippen molar-refractivity contribution in [3.8, 4) is 11.3 Å². The van der Waals surface area contributed by atoms with Crippen LogP contribution < -0.4 is 11.1 Å². The van der Waals surface area contributed by atoms with E-state index in [1.807, 2.05) is 13.1 Å². The van der Waals surface area contributed by atoms with Crippen molar-refractivity contribution in [3.63, 3.8) is 0 Å². The van der Waals surface area contributed by atoms with E-state index in [2.05, 4.69) is 52.8 Å². The summed E-state index contributed by atoms with van der Waals surface area (Å²) >= 11 is 0. The summed E-state index contributed by atoms with van der Waals surface area (Å²) in [6.45, 7) is 2.45. The fourth-order valence-electron chi connectivity index (χ4n) is 4.00. The van der Waals surface area contributed by atoms with E-state index in [9.17, 15) is 4.79 Å². The summed E-state index contributed by atoms with van der Waals surface area (Å²) < 4.78 is 4.94. The highest BCUT2D eigenvalue weighted by Gasteiger charge is 2.22. The first-order valence-electron chi connectivity index (χ1n) is 10.1. The second kappa shape index (κ2) is 8.47. The van der Waals surface area contributed by atoms with Crippen LogP contribution >= 0.6 is 0 Å². The molecule has 0 saturated heterocycles. The number of aryl methyl sites for hydroxylation is 1. The molecule has 0 spiro atoms. The number of carbonyl (C=O) groups excluding carboxylic acids is 1. The van der Waals surface area contributed by atoms with E-state index in [0.717, 1.165) is 42.5 Å². The Morgan fingerprint density at radius 2 is 1.90 bits per heavy atom. The topological polar surface area (TPSA) is 90.1 Å². The zero-order valence-corrected chi connectivity index (χ0v) is 16.6. The number of anilines is 1. The Bertz CT molecular complexity index is 1010. The van der Waals surface area contributed by atoms with Crippen molar-refractivity contribution in [3.05, 3.63) is 54.2 Å². The molecule has 0 atom stereocenters. The highest BCUT2D eigenvalue weighted by molar-refractivity contribution is 5.87. The largest absolute Gasteiger partial charge is 0.449 e. The molecule has 0 aliphatic heterocycles. The zero-order chi connectivity index (χ0) is 20.2. The van der Waals surface area contributed by atoms with Crippen LogP contribution in [0.25, 0.3) is 22.0 Å². The van der Waals surface area contributed by atoms with Crippen LogP contribution in [0.1, 0.15) is 31.2 Å². The highest BCUT2D eigenvalue weighted by Crippen LogP contribution is 2.28. The lowest BCUT2D eigenvalue weighted by Gasteiger charge is -2.28. The summed E-state index contributed by atoms with van der Waals surface area (Å²) in [7, 11) is 0. The van der Waals surface area contributed by atoms with E-state index in [-0.39, 0.29) is 0 Å². The Labute approximate surface area is 170 Å². The van der Waals surface area contributed by atoms with Crippen LogP contribution in [0, 0.1) is 12.8 Å². The van der Waals surface area contributed by atoms with Crippen molar-refractivity contribution in [1.29, 1.82) is 0 Å². The number of nitrogens with one attached hydrogen (secondary N) is 1. The van der Waals surface area contributed by atoms with Gasteiger partial charge in [-0.1, -0.05) is 36.4 Å². The van der Waals surface area contributed by atoms with E-state index in [1.165, 1.54) is 10.8 Å². The number of fused-ring (bicyclic) bond motifs is 1. The first-order chi connectivity index (χ1) is 14.1. The average Bonchev–Trinajstić information content (AvgIpc) is 2.74. The van der Waals surface area contributed by atoms with Gasteiger partial charge in [0, 0.05) is 17.8 Å². The van der Waals surface area contributed by atoms with Gasteiger partial charge in [-0.3, -0.25) is 0 Å². The molecule has 3 aromatic rings. The third kappa shape index (κ3) is 4.65. The van der Waals surface area contributed by atoms with Crippen LogP contribution in [-0.4, -0.2) is 28.7 Å². The van der Waals surface area contributed by atoms with Crippen molar-refractivity contribution in [1.82, 2.24) is 9.97 Å². The molecule has 4 rings (SSSR count). The number of primary amides is 1. The van der Waals surface area contributed by atoms with E-state index in [1.54, 1.807) is 0 Å². The number of hydrogen-bond acceptors (Lipinski definition) is 5. The fourth-order valence-corrected chi connectivity index (χ4v) is 4.00. The van der Waals surface area contributed by atoms with Crippen molar-refractivity contribution >= 4 is 22.8 Å². The second-order valence-electron chi connectivity index (χ2n) is 7.78. The van der Waals surface area contributed by atoms with E-state index >= 15 is 0 Å². The lowest BCUT2D eigenvalue weighted by atomic mass is 9.86. The van der Waals surface area contributed by atoms with Gasteiger partial charge >= 0.3 is 6.09 Å². The number of nitrogens with zero attached hydrogens (tertiary/aromatic N) is 2. The minimum absolute atomic E-state index is 0.326. The maximum absolute atomic E-state index is 10.8. The van der Waals surface area contributed by atoms with Gasteiger partial charge in [-0.15, -0.1) is 0 Å². The second-order valence-corrected chi connectivity index (χ2v) is 7.78. The summed E-state index contributed by atoms with van der Waals surface area (Å²) in [6.07, 6.45) is 5.17. The number of aromatic nitrogens is 2. The molecule has 1 aliphatic rings. The van der Waals surface area contributed by atoms with E-state index in [4.69, 9.17) is 15.5 Å². The van der Waals surface area contributed by atoms with E-state index < -0.39 is 6.09 Å². The van der Waals surface area contributed by atoms with Crippen LogP contribution in [0.4, 0.5) is 10.7 Å². The highest BCUT2D eigenvalue weighted by atomic mass is 16.5. The molecule has 6 heteroatoms. The molecule has 1 aromatic heterocycles. The van der Waals surface area contributed by atoms with Crippen LogP contribution in [0.15, 0.2) is 48.7 Å². The van der Waals surface area contributed by atoms with Gasteiger partial charge in [0.05, 0.1) is 12.3 Å². The Hall–Kier alpha value is -3.15. The molecule has 6 nitrogen and oxygen atoms in total. The van der Waals surface area contributed by atoms with Crippen LogP contribution in [-0.2, 0) is 4.74 Å². The number of benzene rings is 2. The molecule has 1 amide bonds. The predicted molar refractivity (Wildman–Crippen MR) is 115 cm³/mol. The third-order valence-electron chi connectivity index (χ3n) is 5.64. The van der Waals surface area contributed by atoms with Crippen molar-refractivity contribution in [2.75, 3.05) is 11.9 Å². The summed E-state index contributed by atoms with van der Waals surface area (Å²) in [5.74, 6) is 1.04. The SMILES string of the molecule is Cc1cnc(NC2CCC(COC(N)=O)CC2)nc1-c1ccc2ccccc2c1. The molecule has 0 radical (unpaired) electrons. The molecule has 150 valence electrons. The van der Waals surface area contributed by atoms with Gasteiger partial charge in [0.25, 0.3) is 0 Å². The number of nitrogens with two attached hydrogens (primary N) is 1. The first-order valence-corrected chi connectivity index (χ1v) is 10.1. The van der Waals surface area contributed by atoms with Crippen molar-refractivity contribution in [2.45, 2.75) is 38.6 Å². The summed E-state index contributed by atoms with van der Waals surface area (Å²) in [5.41, 5.74) is 8.16. The summed E-state index contributed by atoms with van der Waals surface area (Å²) in [6, 6.07) is 15.1. The van der Waals surface area contributed by atoms with Crippen LogP contribution in [0.5, 0.6) is 0 Å². The molecule has 2 aromatic carbocycles. The van der Waals surface area contributed by atoms with Crippen LogP contribution in [0.2, 0.25) is 0 Å². The van der Waals surface area contributed by atoms with Crippen molar-refractivity contribution in [2.24, 2.45) is 11.7 Å². The normalized spacial score (nSPS) is 19.1. The number of amides is 1. The summed E-state index contributed by atoms with van der Waals surface area (Å²) in [5, 5.41) is 5.91. The van der Waals surface area contributed by atoms with Gasteiger partial charge in [0.2, 0.25) is 5.95 Å². The predicted octanol–water partition coefficient (Wildman–Crippen LogP) is 4.67. The number of carbonyl (C=O) groups is 1. The van der Waals surface area contributed by atoms with Crippen LogP contribution in [0.3, 0.4) is 0 Å². The fraction of sp³-hybridized carbons (Fsp3) is 0.348. The third-order valence-corrected chi connectivity index (χ3v) is 5.64. The number of ether oxygens (including phenoxy) is 1. The monoisotopic (exact) mass is 390 g/mol. The molecule has 1 heterocycles. The molecule has 0 unspecified atom stereocenters. The number of hydrogen-bond donors (Lipinski definition) is 2. The Kier molecular flexibility index (Phi) is 5.60. The lowest BCUT2D eigenvalue weighted by Crippen LogP contribution is -2.29. The average molecular weight is 390 g/mol. The maximum atomic E-state index is 10.8. The van der Waals surface area contributed by atoms with Gasteiger partial charge in [-0.25, -0.2) is 14.8 Å². The summed E-state index contributed by atoms with van der Waals surface area (Å²) in [4.78, 5) is 20.1. The number of rotatable bonds is 5. The standard InChI is InChI=1S/C23H26N4O2/c1-15-13-25-23(26-20-10-6-16(7-11-20)14-29-22(24)28)27-21(15)19-9-8-17-4-2-3-5-18(17)12-19/h2-5,8-9,12-13,16,20H,6-7,10-11,14H2,1H3,(H2,24,28)(H,25,26,27). The molecule has 0 bridgehead atoms. The Balaban J connectivity index is 1.45. The molecule has 1 fully saturated rings. The Morgan fingerprint density at radius 1 is 1.14 bits per heavy atom. The van der Waals surface area contributed by atoms with Gasteiger partial charge < -0.3 is 15.8 Å². The Morgan fingerprint density at radius 3 is 2.66 bits per heavy atom. The van der Waals surface area contributed by atoms with Gasteiger partial charge in [0.1, 0.15) is 0 Å². The molecule has 1 aliphatic carbocycles. The quantitative estimate of drug-likeness (QED) is 0.661. The molecule has 3 N–H and O–H groups in total. The van der Waals surface area contributed by atoms with Gasteiger partial charge in [-0.2, -0.15) is 0 Å². The molecular formula is C23H26N4O2. The van der Waals surface area contributed by atoms with E-state index in [0.29, 0.717) is 24.5 Å². The minimum atomic E-state index is -0.695. The minimum Gasteiger partial charge on any atom is -0.449 e. The van der Waals surface area contributed by atoms with Crippen molar-refractivity contribution < 1.29 is 9.53 Å². The smallest absolute Gasteiger partial charge is 0.404 e. The zero-order valence-electron chi connectivity index (χ0n) is 16.6. The lowest BCUT2D eigenvalue weighted by molar-refractivity contribution is 0.123. The maximum Gasteiger partial charge on any atom is 0.404 e.